The summed E-state index contributed by atoms with van der Waals surface area (Å²) in [5.74, 6) is 0.611. The number of fused-ring (bicyclic) bond motifs is 1. The van der Waals surface area contributed by atoms with Crippen LogP contribution < -0.4 is 10.2 Å². The first kappa shape index (κ1) is 27.5. The van der Waals surface area contributed by atoms with Gasteiger partial charge in [-0.3, -0.25) is 15.3 Å². The third kappa shape index (κ3) is 6.78. The van der Waals surface area contributed by atoms with Gasteiger partial charge in [0, 0.05) is 17.0 Å². The van der Waals surface area contributed by atoms with Crippen molar-refractivity contribution in [2.24, 2.45) is 0 Å². The third-order valence-corrected chi connectivity index (χ3v) is 8.32. The zero-order valence-corrected chi connectivity index (χ0v) is 23.8. The van der Waals surface area contributed by atoms with Crippen molar-refractivity contribution in [3.63, 3.8) is 0 Å². The zero-order valence-electron chi connectivity index (χ0n) is 21.4. The Morgan fingerprint density at radius 2 is 2.03 bits per heavy atom. The van der Waals surface area contributed by atoms with Crippen LogP contribution in [0.1, 0.15) is 70.7 Å². The van der Waals surface area contributed by atoms with E-state index in [0.717, 1.165) is 15.1 Å². The van der Waals surface area contributed by atoms with Gasteiger partial charge in [0.25, 0.3) is 0 Å². The van der Waals surface area contributed by atoms with Gasteiger partial charge in [0.15, 0.2) is 0 Å². The molecule has 1 amide bonds. The molecule has 1 N–H and O–H groups in total. The molecule has 3 rings (SSSR count). The van der Waals surface area contributed by atoms with Crippen molar-refractivity contribution >= 4 is 60.8 Å². The molecule has 3 aromatic rings. The van der Waals surface area contributed by atoms with Crippen LogP contribution in [0.15, 0.2) is 28.9 Å². The van der Waals surface area contributed by atoms with Crippen molar-refractivity contribution < 1.29 is 18.2 Å². The van der Waals surface area contributed by atoms with Crippen molar-refractivity contribution in [3.8, 4) is 0 Å². The topological polar surface area (TPSA) is 84.7 Å². The van der Waals surface area contributed by atoms with E-state index < -0.39 is 22.1 Å². The molecule has 0 aliphatic carbocycles. The predicted molar refractivity (Wildman–Crippen MR) is 146 cm³/mol. The van der Waals surface area contributed by atoms with Gasteiger partial charge in [0.1, 0.15) is 16.5 Å². The fourth-order valence-corrected chi connectivity index (χ4v) is 5.45. The zero-order chi connectivity index (χ0) is 26.1. The van der Waals surface area contributed by atoms with E-state index in [1.165, 1.54) is 16.2 Å². The van der Waals surface area contributed by atoms with Crippen LogP contribution in [0.4, 0.5) is 10.5 Å². The molecular formula is C25H33ClN3O4S2-. The Morgan fingerprint density at radius 3 is 2.60 bits per heavy atom. The lowest BCUT2D eigenvalue weighted by atomic mass is 10.1. The number of aromatic nitrogens is 1. The standard InChI is InChI=1S/C25H33ClN3O4S2/c1-15-20-22(34-21(15)16(2)27-14-35(31)25(6,7)8)18(12-19(26)28-20)29(13-17-10-9-11-32-17)23(30)33-24(3,4)5/h9-12,14,16,27H,13H2,1-8H3/q-1/t16-/m0/s1. The van der Waals surface area contributed by atoms with Crippen LogP contribution in [0.5, 0.6) is 0 Å². The minimum atomic E-state index is -1.15. The summed E-state index contributed by atoms with van der Waals surface area (Å²) in [6.45, 7) is 15.4. The Morgan fingerprint density at radius 1 is 1.34 bits per heavy atom. The van der Waals surface area contributed by atoms with Crippen LogP contribution in [0.3, 0.4) is 0 Å². The van der Waals surface area contributed by atoms with E-state index in [2.05, 4.69) is 10.3 Å². The Balaban J connectivity index is 2.09. The highest BCUT2D eigenvalue weighted by Crippen LogP contribution is 2.41. The van der Waals surface area contributed by atoms with Gasteiger partial charge in [-0.25, -0.2) is 9.78 Å². The van der Waals surface area contributed by atoms with Gasteiger partial charge in [-0.05, 0) is 52.3 Å². The summed E-state index contributed by atoms with van der Waals surface area (Å²) in [6, 6.07) is 5.14. The molecule has 0 aliphatic rings. The predicted octanol–water partition coefficient (Wildman–Crippen LogP) is 6.97. The van der Waals surface area contributed by atoms with Gasteiger partial charge in [0.05, 0.1) is 28.7 Å². The number of hydrogen-bond acceptors (Lipinski definition) is 7. The fourth-order valence-electron chi connectivity index (χ4n) is 3.30. The van der Waals surface area contributed by atoms with Crippen molar-refractivity contribution in [2.75, 3.05) is 4.90 Å². The lowest BCUT2D eigenvalue weighted by Gasteiger charge is -2.27. The summed E-state index contributed by atoms with van der Waals surface area (Å²) in [6.07, 6.45) is 1.06. The third-order valence-electron chi connectivity index (χ3n) is 5.08. The smallest absolute Gasteiger partial charge is 0.415 e. The second-order valence-electron chi connectivity index (χ2n) is 10.3. The van der Waals surface area contributed by atoms with Crippen LogP contribution in [-0.2, 0) is 25.9 Å². The molecule has 3 aromatic heterocycles. The maximum absolute atomic E-state index is 13.3. The summed E-state index contributed by atoms with van der Waals surface area (Å²) >= 11 is 7.95. The van der Waals surface area contributed by atoms with Crippen LogP contribution in [0.25, 0.3) is 10.2 Å². The molecule has 0 radical (unpaired) electrons. The maximum atomic E-state index is 13.3. The number of carbonyl (C=O) groups is 1. The number of thiophene rings is 1. The average Bonchev–Trinajstić information content (AvgIpc) is 3.36. The number of halogens is 1. The normalized spacial score (nSPS) is 14.3. The molecule has 10 heteroatoms. The molecule has 7 nitrogen and oxygen atoms in total. The lowest BCUT2D eigenvalue weighted by Crippen LogP contribution is -2.36. The van der Waals surface area contributed by atoms with E-state index in [4.69, 9.17) is 20.8 Å². The first-order valence-electron chi connectivity index (χ1n) is 11.3. The first-order chi connectivity index (χ1) is 16.2. The number of furan rings is 1. The molecule has 0 unspecified atom stereocenters. The molecule has 35 heavy (non-hydrogen) atoms. The number of aryl methyl sites for hydroxylation is 1. The highest BCUT2D eigenvalue weighted by molar-refractivity contribution is 7.84. The highest BCUT2D eigenvalue weighted by Gasteiger charge is 2.28. The minimum Gasteiger partial charge on any atom is -0.467 e. The summed E-state index contributed by atoms with van der Waals surface area (Å²) in [7, 11) is -1.15. The number of amides is 1. The summed E-state index contributed by atoms with van der Waals surface area (Å²) in [4.78, 5) is 20.4. The largest absolute Gasteiger partial charge is 0.467 e. The van der Waals surface area contributed by atoms with E-state index in [1.54, 1.807) is 30.0 Å². The minimum absolute atomic E-state index is 0.118. The second kappa shape index (κ2) is 10.5. The van der Waals surface area contributed by atoms with Crippen molar-refractivity contribution in [2.45, 2.75) is 78.3 Å². The molecule has 0 aliphatic heterocycles. The molecule has 0 fully saturated rings. The molecule has 0 spiro atoms. The number of pyridine rings is 1. The van der Waals surface area contributed by atoms with Crippen LogP contribution >= 0.6 is 22.9 Å². The number of rotatable bonds is 6. The molecule has 0 saturated carbocycles. The van der Waals surface area contributed by atoms with Crippen LogP contribution in [0.2, 0.25) is 5.15 Å². The molecule has 0 bridgehead atoms. The van der Waals surface area contributed by atoms with Gasteiger partial charge >= 0.3 is 6.09 Å². The number of hydrogen-bond donors (Lipinski definition) is 1. The van der Waals surface area contributed by atoms with E-state index in [1.807, 2.05) is 55.4 Å². The summed E-state index contributed by atoms with van der Waals surface area (Å²) in [5.41, 5.74) is 3.22. The van der Waals surface area contributed by atoms with Gasteiger partial charge < -0.3 is 18.7 Å². The number of nitrogens with one attached hydrogen (secondary N) is 1. The summed E-state index contributed by atoms with van der Waals surface area (Å²) < 4.78 is 24.2. The van der Waals surface area contributed by atoms with Crippen molar-refractivity contribution in [1.29, 1.82) is 0 Å². The number of carbonyl (C=O) groups excluding carboxylic acids is 1. The van der Waals surface area contributed by atoms with Crippen molar-refractivity contribution in [3.05, 3.63) is 45.8 Å². The summed E-state index contributed by atoms with van der Waals surface area (Å²) in [5, 5.41) is 3.54. The first-order valence-corrected chi connectivity index (χ1v) is 13.7. The number of nitrogens with zero attached hydrogens (tertiary/aromatic N) is 2. The Hall–Kier alpha value is -2.07. The highest BCUT2D eigenvalue weighted by atomic mass is 35.5. The molecule has 0 saturated heterocycles. The van der Waals surface area contributed by atoms with Gasteiger partial charge in [0.2, 0.25) is 0 Å². The SMILES string of the molecule is Cc1c([C@H](C)NC=[S-](=O)C(C)(C)C)sc2c(N(Cc3ccco3)C(=O)OC(C)(C)C)cc(Cl)nc12. The lowest BCUT2D eigenvalue weighted by molar-refractivity contribution is 0.0575. The van der Waals surface area contributed by atoms with Gasteiger partial charge in [-0.2, -0.15) is 0 Å². The fraction of sp³-hybridized carbons (Fsp3) is 0.480. The Bertz CT molecular complexity index is 1280. The molecule has 0 aromatic carbocycles. The monoisotopic (exact) mass is 538 g/mol. The number of anilines is 1. The maximum Gasteiger partial charge on any atom is 0.415 e. The second-order valence-corrected chi connectivity index (χ2v) is 13.8. The molecular weight excluding hydrogens is 506 g/mol. The van der Waals surface area contributed by atoms with E-state index in [-0.39, 0.29) is 22.5 Å². The average molecular weight is 539 g/mol. The molecule has 3 heterocycles. The van der Waals surface area contributed by atoms with E-state index in [0.29, 0.717) is 17.0 Å². The molecule has 192 valence electrons. The quantitative estimate of drug-likeness (QED) is 0.207. The van der Waals surface area contributed by atoms with Gasteiger partial charge in [-0.15, -0.1) is 16.8 Å². The van der Waals surface area contributed by atoms with E-state index >= 15 is 0 Å². The van der Waals surface area contributed by atoms with E-state index in [9.17, 15) is 9.00 Å². The van der Waals surface area contributed by atoms with Crippen LogP contribution in [0, 0.1) is 6.92 Å². The van der Waals surface area contributed by atoms with Crippen LogP contribution in [-0.4, -0.2) is 26.9 Å². The van der Waals surface area contributed by atoms with Crippen molar-refractivity contribution in [1.82, 2.24) is 10.3 Å². The molecule has 1 atom stereocenters. The Labute approximate surface area is 217 Å². The Kier molecular flexibility index (Phi) is 8.26. The number of ether oxygens (including phenoxy) is 1. The van der Waals surface area contributed by atoms with Gasteiger partial charge in [-0.1, -0.05) is 37.1 Å².